The molecule has 0 aromatic heterocycles. The fraction of sp³-hybridized carbons (Fsp3) is 0.375. The van der Waals surface area contributed by atoms with Crippen molar-refractivity contribution in [1.82, 2.24) is 5.32 Å². The van der Waals surface area contributed by atoms with E-state index in [2.05, 4.69) is 18.5 Å². The minimum absolute atomic E-state index is 0.0564. The van der Waals surface area contributed by atoms with Crippen LogP contribution in [0.2, 0.25) is 0 Å². The third-order valence-electron chi connectivity index (χ3n) is 1.41. The second kappa shape index (κ2) is 5.56. The number of nitrogens with one attached hydrogen (secondary N) is 1. The summed E-state index contributed by atoms with van der Waals surface area (Å²) in [4.78, 5) is 11.2. The van der Waals surface area contributed by atoms with Gasteiger partial charge < -0.3 is 11.1 Å². The largest absolute Gasteiger partial charge is 0.381 e. The molecule has 0 saturated heterocycles. The van der Waals surface area contributed by atoms with Crippen LogP contribution in [0.1, 0.15) is 0 Å². The molecule has 0 amide bonds. The van der Waals surface area contributed by atoms with Crippen molar-refractivity contribution in [3.8, 4) is 0 Å². The van der Waals surface area contributed by atoms with Gasteiger partial charge in [0.05, 0.1) is 5.70 Å². The van der Waals surface area contributed by atoms with Gasteiger partial charge in [0.2, 0.25) is 0 Å². The quantitative estimate of drug-likeness (QED) is 0.545. The van der Waals surface area contributed by atoms with Crippen molar-refractivity contribution >= 4 is 15.6 Å². The van der Waals surface area contributed by atoms with E-state index in [1.165, 1.54) is 0 Å². The third kappa shape index (κ3) is 4.78. The molecule has 0 bridgehead atoms. The van der Waals surface area contributed by atoms with Gasteiger partial charge in [-0.3, -0.25) is 4.79 Å². The molecular formula is C8H14N2O3S. The Hall–Kier alpha value is -1.14. The van der Waals surface area contributed by atoms with Crippen LogP contribution < -0.4 is 11.1 Å². The Labute approximate surface area is 83.6 Å². The Kier molecular flexibility index (Phi) is 5.11. The van der Waals surface area contributed by atoms with Gasteiger partial charge in [0.15, 0.2) is 15.6 Å². The molecule has 0 unspecified atom stereocenters. The lowest BCUT2D eigenvalue weighted by Crippen LogP contribution is -2.28. The molecule has 0 spiro atoms. The van der Waals surface area contributed by atoms with E-state index < -0.39 is 21.4 Å². The molecule has 14 heavy (non-hydrogen) atoms. The monoisotopic (exact) mass is 218 g/mol. The van der Waals surface area contributed by atoms with Crippen LogP contribution >= 0.6 is 0 Å². The van der Waals surface area contributed by atoms with Gasteiger partial charge in [-0.25, -0.2) is 8.42 Å². The minimum Gasteiger partial charge on any atom is -0.381 e. The average Bonchev–Trinajstić information content (AvgIpc) is 2.13. The van der Waals surface area contributed by atoms with E-state index >= 15 is 0 Å². The van der Waals surface area contributed by atoms with Crippen molar-refractivity contribution < 1.29 is 13.2 Å². The highest BCUT2D eigenvalue weighted by Crippen LogP contribution is 1.96. The van der Waals surface area contributed by atoms with E-state index in [0.717, 1.165) is 5.41 Å². The molecule has 0 saturated carbocycles. The number of Topliss-reactive ketones (excluding diaryl/α,β-unsaturated/α-hetero) is 1. The van der Waals surface area contributed by atoms with Gasteiger partial charge in [-0.15, -0.1) is 0 Å². The van der Waals surface area contributed by atoms with Crippen molar-refractivity contribution in [2.24, 2.45) is 5.73 Å². The normalized spacial score (nSPS) is 10.6. The van der Waals surface area contributed by atoms with Crippen molar-refractivity contribution in [2.45, 2.75) is 0 Å². The van der Waals surface area contributed by atoms with Gasteiger partial charge >= 0.3 is 0 Å². The molecule has 0 aromatic carbocycles. The Morgan fingerprint density at radius 1 is 1.50 bits per heavy atom. The van der Waals surface area contributed by atoms with Crippen LogP contribution in [0.15, 0.2) is 24.3 Å². The molecule has 0 fully saturated rings. The molecule has 0 heterocycles. The molecule has 0 radical (unpaired) electrons. The molecule has 0 aliphatic heterocycles. The van der Waals surface area contributed by atoms with Crippen LogP contribution in [0.4, 0.5) is 0 Å². The first-order chi connectivity index (χ1) is 6.43. The molecule has 5 nitrogen and oxygen atoms in total. The van der Waals surface area contributed by atoms with Gasteiger partial charge in [-0.1, -0.05) is 13.2 Å². The van der Waals surface area contributed by atoms with Gasteiger partial charge in [0.1, 0.15) is 5.75 Å². The van der Waals surface area contributed by atoms with Crippen LogP contribution in [0, 0.1) is 0 Å². The summed E-state index contributed by atoms with van der Waals surface area (Å²) in [7, 11) is -3.51. The third-order valence-corrected chi connectivity index (χ3v) is 2.58. The Morgan fingerprint density at radius 3 is 2.50 bits per heavy atom. The first-order valence-electron chi connectivity index (χ1n) is 3.94. The van der Waals surface area contributed by atoms with E-state index in [-0.39, 0.29) is 5.70 Å². The first kappa shape index (κ1) is 12.9. The second-order valence-electron chi connectivity index (χ2n) is 2.59. The highest BCUT2D eigenvalue weighted by atomic mass is 32.2. The summed E-state index contributed by atoms with van der Waals surface area (Å²) in [6, 6.07) is 0. The number of carbonyl (C=O) groups is 1. The average molecular weight is 218 g/mol. The van der Waals surface area contributed by atoms with Crippen LogP contribution in [0.25, 0.3) is 0 Å². The summed E-state index contributed by atoms with van der Waals surface area (Å²) >= 11 is 0. The highest BCUT2D eigenvalue weighted by molar-refractivity contribution is 7.94. The number of rotatable bonds is 7. The molecular weight excluding hydrogens is 204 g/mol. The maximum absolute atomic E-state index is 11.2. The molecule has 3 N–H and O–H groups in total. The van der Waals surface area contributed by atoms with Gasteiger partial charge in [-0.05, 0) is 0 Å². The lowest BCUT2D eigenvalue weighted by atomic mass is 10.3. The van der Waals surface area contributed by atoms with E-state index in [0.29, 0.717) is 13.1 Å². The predicted octanol–water partition coefficient (Wildman–Crippen LogP) is -0.824. The summed E-state index contributed by atoms with van der Waals surface area (Å²) in [5.74, 6) is -1.18. The summed E-state index contributed by atoms with van der Waals surface area (Å²) in [6.45, 7) is 7.23. The van der Waals surface area contributed by atoms with Gasteiger partial charge in [0.25, 0.3) is 0 Å². The zero-order valence-corrected chi connectivity index (χ0v) is 8.64. The molecule has 0 aliphatic rings. The zero-order valence-electron chi connectivity index (χ0n) is 7.82. The van der Waals surface area contributed by atoms with Crippen LogP contribution in [0.5, 0.6) is 0 Å². The van der Waals surface area contributed by atoms with Crippen LogP contribution in [-0.4, -0.2) is 33.0 Å². The Morgan fingerprint density at radius 2 is 2.07 bits per heavy atom. The first-order valence-corrected chi connectivity index (χ1v) is 5.65. The van der Waals surface area contributed by atoms with Crippen molar-refractivity contribution in [3.05, 3.63) is 24.3 Å². The van der Waals surface area contributed by atoms with E-state index in [9.17, 15) is 13.2 Å². The number of sulfone groups is 1. The summed E-state index contributed by atoms with van der Waals surface area (Å²) in [6.07, 6.45) is 0. The highest BCUT2D eigenvalue weighted by Gasteiger charge is 2.14. The molecule has 6 heteroatoms. The van der Waals surface area contributed by atoms with Crippen molar-refractivity contribution in [3.63, 3.8) is 0 Å². The standard InChI is InChI=1S/C8H14N2O3S/c1-3-14(12,13)6-8(11)7(2)10-5-4-9/h3,10H,1-2,4-6,9H2. The molecule has 80 valence electrons. The topological polar surface area (TPSA) is 89.3 Å². The van der Waals surface area contributed by atoms with E-state index in [4.69, 9.17) is 5.73 Å². The molecule has 0 atom stereocenters. The molecule has 0 rings (SSSR count). The van der Waals surface area contributed by atoms with Crippen molar-refractivity contribution in [2.75, 3.05) is 18.8 Å². The van der Waals surface area contributed by atoms with Crippen LogP contribution in [-0.2, 0) is 14.6 Å². The summed E-state index contributed by atoms with van der Waals surface area (Å²) in [5, 5.41) is 3.36. The van der Waals surface area contributed by atoms with Gasteiger partial charge in [0, 0.05) is 18.5 Å². The molecule has 0 aromatic rings. The van der Waals surface area contributed by atoms with Crippen LogP contribution in [0.3, 0.4) is 0 Å². The molecule has 0 aliphatic carbocycles. The minimum atomic E-state index is -3.51. The number of hydrogen-bond donors (Lipinski definition) is 2. The Balaban J connectivity index is 4.22. The maximum atomic E-state index is 11.2. The fourth-order valence-corrected chi connectivity index (χ4v) is 1.31. The number of carbonyl (C=O) groups excluding carboxylic acids is 1. The lowest BCUT2D eigenvalue weighted by molar-refractivity contribution is -0.113. The number of hydrogen-bond acceptors (Lipinski definition) is 5. The number of nitrogens with two attached hydrogens (primary N) is 1. The number of ketones is 1. The lowest BCUT2D eigenvalue weighted by Gasteiger charge is -2.05. The number of allylic oxidation sites excluding steroid dienone is 1. The van der Waals surface area contributed by atoms with Gasteiger partial charge in [-0.2, -0.15) is 0 Å². The maximum Gasteiger partial charge on any atom is 0.193 e. The zero-order chi connectivity index (χ0) is 11.2. The van der Waals surface area contributed by atoms with Crippen molar-refractivity contribution in [1.29, 1.82) is 0 Å². The summed E-state index contributed by atoms with van der Waals surface area (Å²) in [5.41, 5.74) is 5.24. The fourth-order valence-electron chi connectivity index (χ4n) is 0.650. The Bertz CT molecular complexity index is 332. The predicted molar refractivity (Wildman–Crippen MR) is 55.2 cm³/mol. The SMILES string of the molecule is C=CS(=O)(=O)CC(=O)C(=C)NCCN. The summed E-state index contributed by atoms with van der Waals surface area (Å²) < 4.78 is 21.9. The van der Waals surface area contributed by atoms with E-state index in [1.54, 1.807) is 0 Å². The second-order valence-corrected chi connectivity index (χ2v) is 4.54. The smallest absolute Gasteiger partial charge is 0.193 e. The van der Waals surface area contributed by atoms with E-state index in [1.807, 2.05) is 0 Å².